The molecule has 0 bridgehead atoms. The molecule has 3 heterocycles. The molecule has 2 aliphatic rings. The lowest BCUT2D eigenvalue weighted by atomic mass is 9.87. The number of β-amino-alcohol motifs (C(OH)–C–C–N with tert-alkyl or cyclic N) is 1. The number of nitrogens with zero attached hydrogens (tertiary/aromatic N) is 2. The molecule has 2 N–H and O–H groups in total. The van der Waals surface area contributed by atoms with Gasteiger partial charge in [0.1, 0.15) is 5.82 Å². The third-order valence-electron chi connectivity index (χ3n) is 5.16. The minimum absolute atomic E-state index is 0.0261. The molecule has 1 saturated heterocycles. The van der Waals surface area contributed by atoms with E-state index < -0.39 is 6.10 Å². The lowest BCUT2D eigenvalue weighted by Crippen LogP contribution is -2.43. The second kappa shape index (κ2) is 7.67. The molecular formula is C21H25N3O4. The molecule has 1 amide bonds. The van der Waals surface area contributed by atoms with E-state index >= 15 is 0 Å². The predicted octanol–water partition coefficient (Wildman–Crippen LogP) is 2.30. The Morgan fingerprint density at radius 1 is 1.25 bits per heavy atom. The van der Waals surface area contributed by atoms with Crippen LogP contribution in [-0.4, -0.2) is 48.0 Å². The van der Waals surface area contributed by atoms with Crippen LogP contribution in [0.15, 0.2) is 36.5 Å². The van der Waals surface area contributed by atoms with Crippen LogP contribution in [0.2, 0.25) is 0 Å². The first-order valence-corrected chi connectivity index (χ1v) is 9.61. The summed E-state index contributed by atoms with van der Waals surface area (Å²) < 4.78 is 10.8. The number of pyridine rings is 1. The van der Waals surface area contributed by atoms with Gasteiger partial charge in [0.25, 0.3) is 5.91 Å². The zero-order valence-electron chi connectivity index (χ0n) is 16.1. The van der Waals surface area contributed by atoms with Gasteiger partial charge in [-0.2, -0.15) is 0 Å². The molecule has 2 aliphatic heterocycles. The highest BCUT2D eigenvalue weighted by Crippen LogP contribution is 2.38. The van der Waals surface area contributed by atoms with E-state index in [1.807, 2.05) is 36.9 Å². The summed E-state index contributed by atoms with van der Waals surface area (Å²) in [5, 5.41) is 13.7. The minimum atomic E-state index is -0.538. The number of ether oxygens (including phenoxy) is 2. The van der Waals surface area contributed by atoms with E-state index in [2.05, 4.69) is 10.3 Å². The Morgan fingerprint density at radius 3 is 2.86 bits per heavy atom. The smallest absolute Gasteiger partial charge is 0.251 e. The van der Waals surface area contributed by atoms with E-state index in [0.717, 1.165) is 30.0 Å². The topological polar surface area (TPSA) is 83.9 Å². The van der Waals surface area contributed by atoms with Gasteiger partial charge in [-0.1, -0.05) is 6.07 Å². The van der Waals surface area contributed by atoms with Gasteiger partial charge in [0.15, 0.2) is 11.5 Å². The summed E-state index contributed by atoms with van der Waals surface area (Å²) in [5.41, 5.74) is 1.63. The Kier molecular flexibility index (Phi) is 5.09. The molecule has 0 spiro atoms. The number of fused-ring (bicyclic) bond motifs is 1. The number of nitrogens with one attached hydrogen (secondary N) is 1. The van der Waals surface area contributed by atoms with Crippen LogP contribution in [0.25, 0.3) is 0 Å². The lowest BCUT2D eigenvalue weighted by Gasteiger charge is -2.37. The number of carbonyl (C=O) groups excluding carboxylic acids is 1. The van der Waals surface area contributed by atoms with E-state index in [1.165, 1.54) is 0 Å². The average Bonchev–Trinajstić information content (AvgIpc) is 3.15. The van der Waals surface area contributed by atoms with Crippen LogP contribution in [0.1, 0.15) is 42.1 Å². The van der Waals surface area contributed by atoms with E-state index in [4.69, 9.17) is 9.47 Å². The number of rotatable bonds is 4. The first-order chi connectivity index (χ1) is 13.5. The predicted molar refractivity (Wildman–Crippen MR) is 105 cm³/mol. The maximum atomic E-state index is 12.3. The average molecular weight is 383 g/mol. The monoisotopic (exact) mass is 383 g/mol. The number of benzene rings is 1. The van der Waals surface area contributed by atoms with Crippen LogP contribution in [0.3, 0.4) is 0 Å². The molecule has 7 heteroatoms. The maximum absolute atomic E-state index is 12.3. The Hall–Kier alpha value is -2.80. The molecular weight excluding hydrogens is 358 g/mol. The summed E-state index contributed by atoms with van der Waals surface area (Å²) in [6, 6.07) is 9.41. The molecule has 0 radical (unpaired) electrons. The molecule has 28 heavy (non-hydrogen) atoms. The molecule has 1 fully saturated rings. The normalized spacial score (nSPS) is 21.1. The molecule has 0 unspecified atom stereocenters. The van der Waals surface area contributed by atoms with Gasteiger partial charge in [0.2, 0.25) is 6.79 Å². The van der Waals surface area contributed by atoms with E-state index in [0.29, 0.717) is 17.9 Å². The maximum Gasteiger partial charge on any atom is 0.251 e. The van der Waals surface area contributed by atoms with Crippen molar-refractivity contribution in [3.8, 4) is 11.5 Å². The molecule has 0 saturated carbocycles. The highest BCUT2D eigenvalue weighted by molar-refractivity contribution is 5.95. The summed E-state index contributed by atoms with van der Waals surface area (Å²) >= 11 is 0. The molecule has 1 aromatic heterocycles. The zero-order valence-corrected chi connectivity index (χ0v) is 16.1. The summed E-state index contributed by atoms with van der Waals surface area (Å²) in [6.07, 6.45) is 1.88. The highest BCUT2D eigenvalue weighted by Gasteiger charge is 2.31. The van der Waals surface area contributed by atoms with Gasteiger partial charge in [-0.3, -0.25) is 4.79 Å². The SMILES string of the molecule is CC(C)NC(=O)c1ccnc(N2CC[C@@H](c3ccc4c(c3)OCO4)[C@H](O)C2)c1. The number of carbonyl (C=O) groups is 1. The molecule has 7 nitrogen and oxygen atoms in total. The fraction of sp³-hybridized carbons (Fsp3) is 0.429. The number of piperidine rings is 1. The molecule has 0 aliphatic carbocycles. The largest absolute Gasteiger partial charge is 0.454 e. The van der Waals surface area contributed by atoms with Crippen molar-refractivity contribution in [2.75, 3.05) is 24.8 Å². The molecule has 1 aromatic carbocycles. The Bertz CT molecular complexity index is 870. The number of anilines is 1. The second-order valence-corrected chi connectivity index (χ2v) is 7.55. The molecule has 2 aromatic rings. The number of amides is 1. The van der Waals surface area contributed by atoms with Gasteiger partial charge in [-0.15, -0.1) is 0 Å². The van der Waals surface area contributed by atoms with Crippen molar-refractivity contribution < 1.29 is 19.4 Å². The van der Waals surface area contributed by atoms with Crippen molar-refractivity contribution in [2.24, 2.45) is 0 Å². The second-order valence-electron chi connectivity index (χ2n) is 7.55. The van der Waals surface area contributed by atoms with E-state index in [1.54, 1.807) is 18.3 Å². The number of hydrogen-bond acceptors (Lipinski definition) is 6. The standard InChI is InChI=1S/C21H25N3O4/c1-13(2)23-21(26)15-5-7-22-20(10-15)24-8-6-16(17(25)11-24)14-3-4-18-19(9-14)28-12-27-18/h3-5,7,9-10,13,16-17,25H,6,8,11-12H2,1-2H3,(H,23,26)/t16-,17+/m0/s1. The van der Waals surface area contributed by atoms with E-state index in [-0.39, 0.29) is 24.7 Å². The first-order valence-electron chi connectivity index (χ1n) is 9.61. The third-order valence-corrected chi connectivity index (χ3v) is 5.16. The fourth-order valence-electron chi connectivity index (χ4n) is 3.75. The quantitative estimate of drug-likeness (QED) is 0.843. The summed E-state index contributed by atoms with van der Waals surface area (Å²) in [4.78, 5) is 18.7. The fourth-order valence-corrected chi connectivity index (χ4v) is 3.75. The first kappa shape index (κ1) is 18.6. The number of aliphatic hydroxyl groups is 1. The van der Waals surface area contributed by atoms with Crippen molar-refractivity contribution in [1.82, 2.24) is 10.3 Å². The number of hydrogen-bond donors (Lipinski definition) is 2. The van der Waals surface area contributed by atoms with Gasteiger partial charge < -0.3 is 24.8 Å². The number of aromatic nitrogens is 1. The van der Waals surface area contributed by atoms with Crippen molar-refractivity contribution in [3.63, 3.8) is 0 Å². The Morgan fingerprint density at radius 2 is 2.07 bits per heavy atom. The van der Waals surface area contributed by atoms with E-state index in [9.17, 15) is 9.90 Å². The Labute approximate surface area is 164 Å². The van der Waals surface area contributed by atoms with Crippen LogP contribution in [0.4, 0.5) is 5.82 Å². The summed E-state index contributed by atoms with van der Waals surface area (Å²) in [5.74, 6) is 2.10. The van der Waals surface area contributed by atoms with Crippen LogP contribution >= 0.6 is 0 Å². The van der Waals surface area contributed by atoms with Crippen LogP contribution in [-0.2, 0) is 0 Å². The van der Waals surface area contributed by atoms with Crippen LogP contribution in [0.5, 0.6) is 11.5 Å². The molecule has 2 atom stereocenters. The van der Waals surface area contributed by atoms with Gasteiger partial charge in [-0.05, 0) is 50.1 Å². The highest BCUT2D eigenvalue weighted by atomic mass is 16.7. The van der Waals surface area contributed by atoms with Gasteiger partial charge in [0.05, 0.1) is 6.10 Å². The van der Waals surface area contributed by atoms with Gasteiger partial charge in [-0.25, -0.2) is 4.98 Å². The Balaban J connectivity index is 1.46. The van der Waals surface area contributed by atoms with Crippen LogP contribution < -0.4 is 19.7 Å². The van der Waals surface area contributed by atoms with Crippen molar-refractivity contribution >= 4 is 11.7 Å². The summed E-state index contributed by atoms with van der Waals surface area (Å²) in [6.45, 7) is 5.31. The summed E-state index contributed by atoms with van der Waals surface area (Å²) in [7, 11) is 0. The third kappa shape index (κ3) is 3.75. The van der Waals surface area contributed by atoms with Crippen molar-refractivity contribution in [2.45, 2.75) is 38.3 Å². The van der Waals surface area contributed by atoms with Crippen molar-refractivity contribution in [1.29, 1.82) is 0 Å². The minimum Gasteiger partial charge on any atom is -0.454 e. The zero-order chi connectivity index (χ0) is 19.7. The van der Waals surface area contributed by atoms with Gasteiger partial charge >= 0.3 is 0 Å². The van der Waals surface area contributed by atoms with Gasteiger partial charge in [0, 0.05) is 36.8 Å². The molecule has 4 rings (SSSR count). The number of aliphatic hydroxyl groups excluding tert-OH is 1. The molecule has 148 valence electrons. The van der Waals surface area contributed by atoms with Crippen LogP contribution in [0, 0.1) is 0 Å². The van der Waals surface area contributed by atoms with Crippen molar-refractivity contribution in [3.05, 3.63) is 47.7 Å². The lowest BCUT2D eigenvalue weighted by molar-refractivity contribution is 0.0943.